The Bertz CT molecular complexity index is 1040. The Kier molecular flexibility index (Phi) is 36.9. The van der Waals surface area contributed by atoms with Gasteiger partial charge in [0.15, 0.2) is 0 Å². The van der Waals surface area contributed by atoms with Gasteiger partial charge in [0.1, 0.15) is 13.2 Å². The number of rotatable bonds is 40. The zero-order valence-electron chi connectivity index (χ0n) is 36.4. The lowest BCUT2D eigenvalue weighted by Gasteiger charge is -2.25. The van der Waals surface area contributed by atoms with Gasteiger partial charge in [0.05, 0.1) is 39.9 Å². The number of amides is 1. The monoisotopic (exact) mass is 796 g/mol. The van der Waals surface area contributed by atoms with Crippen LogP contribution in [-0.4, -0.2) is 73.4 Å². The lowest BCUT2D eigenvalue weighted by atomic mass is 10.0. The number of phosphoric ester groups is 1. The summed E-state index contributed by atoms with van der Waals surface area (Å²) < 4.78 is 23.5. The van der Waals surface area contributed by atoms with Crippen LogP contribution in [0.5, 0.6) is 0 Å². The van der Waals surface area contributed by atoms with Crippen molar-refractivity contribution >= 4 is 13.7 Å². The van der Waals surface area contributed by atoms with Crippen LogP contribution >= 0.6 is 7.82 Å². The molecular weight excluding hydrogens is 707 g/mol. The molecule has 0 aromatic carbocycles. The molecule has 0 spiro atoms. The molecule has 3 unspecified atom stereocenters. The molecule has 55 heavy (non-hydrogen) atoms. The highest BCUT2D eigenvalue weighted by Gasteiger charge is 2.27. The van der Waals surface area contributed by atoms with Gasteiger partial charge in [0.2, 0.25) is 5.91 Å². The highest BCUT2D eigenvalue weighted by Crippen LogP contribution is 2.43. The summed E-state index contributed by atoms with van der Waals surface area (Å²) in [7, 11) is 1.54. The normalized spacial score (nSPS) is 14.8. The van der Waals surface area contributed by atoms with Crippen LogP contribution in [0.4, 0.5) is 0 Å². The number of aliphatic hydroxyl groups is 1. The van der Waals surface area contributed by atoms with Crippen molar-refractivity contribution in [3.8, 4) is 0 Å². The van der Waals surface area contributed by atoms with E-state index in [1.807, 2.05) is 27.2 Å². The Hall–Kier alpha value is -1.54. The van der Waals surface area contributed by atoms with Gasteiger partial charge in [-0.25, -0.2) is 4.57 Å². The number of phosphoric acid groups is 1. The summed E-state index contributed by atoms with van der Waals surface area (Å²) >= 11 is 0. The Morgan fingerprint density at radius 2 is 1.02 bits per heavy atom. The van der Waals surface area contributed by atoms with Crippen molar-refractivity contribution < 1.29 is 32.9 Å². The number of carbonyl (C=O) groups is 1. The Morgan fingerprint density at radius 1 is 0.600 bits per heavy atom. The first kappa shape index (κ1) is 53.5. The van der Waals surface area contributed by atoms with Gasteiger partial charge in [-0.3, -0.25) is 13.8 Å². The second kappa shape index (κ2) is 38.0. The van der Waals surface area contributed by atoms with Crippen molar-refractivity contribution in [2.45, 2.75) is 199 Å². The maximum atomic E-state index is 12.9. The molecule has 0 fully saturated rings. The van der Waals surface area contributed by atoms with Crippen molar-refractivity contribution in [2.24, 2.45) is 0 Å². The number of hydrogen-bond donors (Lipinski definition) is 3. The summed E-state index contributed by atoms with van der Waals surface area (Å²) in [6, 6.07) is -0.869. The molecule has 0 aromatic rings. The fourth-order valence-electron chi connectivity index (χ4n) is 6.11. The van der Waals surface area contributed by atoms with Gasteiger partial charge in [-0.05, 0) is 64.2 Å². The number of allylic oxidation sites excluding steroid dienone is 7. The molecule has 3 atom stereocenters. The topological polar surface area (TPSA) is 105 Å². The Labute approximate surface area is 339 Å². The van der Waals surface area contributed by atoms with E-state index in [1.54, 1.807) is 6.08 Å². The van der Waals surface area contributed by atoms with Gasteiger partial charge >= 0.3 is 7.82 Å². The SMILES string of the molecule is CCCC/C=C/CC/C=C/CC/C=C/C(O)C(COP(=O)(O)OCC[N+](C)(C)C)NC(=O)CCCCCCCCCCC/C=C\CCCCCCCCCC. The minimum atomic E-state index is -4.35. The van der Waals surface area contributed by atoms with Crippen LogP contribution in [0.25, 0.3) is 0 Å². The highest BCUT2D eigenvalue weighted by atomic mass is 31.2. The third kappa shape index (κ3) is 40.5. The van der Waals surface area contributed by atoms with Crippen LogP contribution < -0.4 is 5.32 Å². The molecule has 0 radical (unpaired) electrons. The molecule has 8 nitrogen and oxygen atoms in total. The van der Waals surface area contributed by atoms with Crippen molar-refractivity contribution in [1.82, 2.24) is 5.32 Å². The first-order chi connectivity index (χ1) is 26.5. The molecule has 0 aromatic heterocycles. The molecule has 0 aliphatic rings. The molecule has 0 rings (SSSR count). The van der Waals surface area contributed by atoms with Crippen molar-refractivity contribution in [3.63, 3.8) is 0 Å². The first-order valence-electron chi connectivity index (χ1n) is 22.5. The van der Waals surface area contributed by atoms with Gasteiger partial charge in [-0.1, -0.05) is 165 Å². The van der Waals surface area contributed by atoms with E-state index in [2.05, 4.69) is 55.6 Å². The fourth-order valence-corrected chi connectivity index (χ4v) is 6.85. The van der Waals surface area contributed by atoms with Crippen LogP contribution in [0.1, 0.15) is 187 Å². The van der Waals surface area contributed by atoms with Gasteiger partial charge in [-0.2, -0.15) is 0 Å². The van der Waals surface area contributed by atoms with Crippen LogP contribution in [-0.2, 0) is 18.4 Å². The van der Waals surface area contributed by atoms with Crippen LogP contribution in [0, 0.1) is 0 Å². The molecule has 9 heteroatoms. The summed E-state index contributed by atoms with van der Waals surface area (Å²) in [4.78, 5) is 23.1. The fraction of sp³-hybridized carbons (Fsp3) is 0.804. The van der Waals surface area contributed by atoms with E-state index in [0.717, 1.165) is 51.4 Å². The molecule has 3 N–H and O–H groups in total. The predicted octanol–water partition coefficient (Wildman–Crippen LogP) is 12.5. The van der Waals surface area contributed by atoms with Gasteiger partial charge in [-0.15, -0.1) is 0 Å². The quantitative estimate of drug-likeness (QED) is 0.0247. The van der Waals surface area contributed by atoms with Gasteiger partial charge < -0.3 is 19.8 Å². The molecule has 0 saturated carbocycles. The van der Waals surface area contributed by atoms with Crippen molar-refractivity contribution in [3.05, 3.63) is 48.6 Å². The van der Waals surface area contributed by atoms with E-state index in [-0.39, 0.29) is 19.1 Å². The van der Waals surface area contributed by atoms with Crippen LogP contribution in [0.3, 0.4) is 0 Å². The minimum absolute atomic E-state index is 0.0521. The summed E-state index contributed by atoms with van der Waals surface area (Å²) in [6.07, 6.45) is 47.6. The average molecular weight is 796 g/mol. The van der Waals surface area contributed by atoms with E-state index in [9.17, 15) is 19.4 Å². The van der Waals surface area contributed by atoms with Gasteiger partial charge in [0, 0.05) is 6.42 Å². The van der Waals surface area contributed by atoms with E-state index in [0.29, 0.717) is 17.4 Å². The number of likely N-dealkylation sites (N-methyl/N-ethyl adjacent to an activating group) is 1. The smallest absolute Gasteiger partial charge is 0.387 e. The molecule has 0 aliphatic heterocycles. The molecule has 0 saturated heterocycles. The first-order valence-corrected chi connectivity index (χ1v) is 24.0. The number of unbranched alkanes of at least 4 members (excludes halogenated alkanes) is 21. The summed E-state index contributed by atoms with van der Waals surface area (Å²) in [5.74, 6) is -0.196. The third-order valence-corrected chi connectivity index (χ3v) is 10.7. The minimum Gasteiger partial charge on any atom is -0.387 e. The largest absolute Gasteiger partial charge is 0.472 e. The maximum absolute atomic E-state index is 12.9. The molecular formula is C46H88N2O6P+. The van der Waals surface area contributed by atoms with E-state index >= 15 is 0 Å². The molecule has 0 heterocycles. The molecule has 322 valence electrons. The Balaban J connectivity index is 4.37. The molecule has 1 amide bonds. The standard InChI is InChI=1S/C46H87N2O6P/c1-6-8-10-12-14-16-18-20-21-22-23-24-25-26-27-28-30-32-34-36-38-40-46(50)47-44(43-54-55(51,52)53-42-41-48(3,4)5)45(49)39-37-35-33-31-29-19-17-15-13-11-9-7-2/h13,15,22-23,29,31,37,39,44-45,49H,6-12,14,16-21,24-28,30,32-36,38,40-43H2,1-5H3,(H-,47,50,51,52)/p+1/b15-13+,23-22-,31-29+,39-37+. The number of nitrogens with zero attached hydrogens (tertiary/aromatic N) is 1. The zero-order valence-corrected chi connectivity index (χ0v) is 37.3. The predicted molar refractivity (Wildman–Crippen MR) is 235 cm³/mol. The summed E-state index contributed by atoms with van der Waals surface area (Å²) in [5.41, 5.74) is 0. The van der Waals surface area contributed by atoms with Crippen LogP contribution in [0.2, 0.25) is 0 Å². The molecule has 0 aliphatic carbocycles. The number of carbonyl (C=O) groups excluding carboxylic acids is 1. The number of hydrogen-bond acceptors (Lipinski definition) is 5. The summed E-state index contributed by atoms with van der Waals surface area (Å²) in [5, 5.41) is 13.8. The van der Waals surface area contributed by atoms with Crippen molar-refractivity contribution in [1.29, 1.82) is 0 Å². The molecule has 0 bridgehead atoms. The lowest BCUT2D eigenvalue weighted by molar-refractivity contribution is -0.870. The highest BCUT2D eigenvalue weighted by molar-refractivity contribution is 7.47. The second-order valence-electron chi connectivity index (χ2n) is 16.4. The van der Waals surface area contributed by atoms with E-state index in [1.165, 1.54) is 116 Å². The second-order valence-corrected chi connectivity index (χ2v) is 17.9. The van der Waals surface area contributed by atoms with E-state index < -0.39 is 20.0 Å². The number of nitrogens with one attached hydrogen (secondary N) is 1. The number of quaternary nitrogens is 1. The van der Waals surface area contributed by atoms with Crippen LogP contribution in [0.15, 0.2) is 48.6 Å². The van der Waals surface area contributed by atoms with Crippen molar-refractivity contribution in [2.75, 3.05) is 40.9 Å². The maximum Gasteiger partial charge on any atom is 0.472 e. The third-order valence-electron chi connectivity index (χ3n) is 9.75. The average Bonchev–Trinajstić information content (AvgIpc) is 3.13. The lowest BCUT2D eigenvalue weighted by Crippen LogP contribution is -2.45. The summed E-state index contributed by atoms with van der Waals surface area (Å²) in [6.45, 7) is 4.72. The zero-order chi connectivity index (χ0) is 40.7. The Morgan fingerprint density at radius 3 is 1.51 bits per heavy atom. The van der Waals surface area contributed by atoms with Gasteiger partial charge in [0.25, 0.3) is 0 Å². The van der Waals surface area contributed by atoms with E-state index in [4.69, 9.17) is 9.05 Å². The number of aliphatic hydroxyl groups excluding tert-OH is 1.